The largest absolute Gasteiger partial charge is 0.474 e. The minimum atomic E-state index is -4.46. The van der Waals surface area contributed by atoms with Gasteiger partial charge in [-0.2, -0.15) is 13.2 Å². The predicted molar refractivity (Wildman–Crippen MR) is 83.0 cm³/mol. The van der Waals surface area contributed by atoms with Gasteiger partial charge >= 0.3 is 6.18 Å². The quantitative estimate of drug-likeness (QED) is 0.852. The summed E-state index contributed by atoms with van der Waals surface area (Å²) in [5, 5.41) is 0. The molecule has 0 N–H and O–H groups in total. The van der Waals surface area contributed by atoms with Gasteiger partial charge in [0.15, 0.2) is 0 Å². The molecule has 0 saturated carbocycles. The van der Waals surface area contributed by atoms with Crippen LogP contribution in [0.15, 0.2) is 42.9 Å². The van der Waals surface area contributed by atoms with Crippen LogP contribution >= 0.6 is 0 Å². The van der Waals surface area contributed by atoms with Gasteiger partial charge in [0.05, 0.1) is 5.56 Å². The Morgan fingerprint density at radius 3 is 2.60 bits per heavy atom. The number of benzene rings is 1. The molecular formula is C17H16F3N3O2. The Morgan fingerprint density at radius 2 is 1.96 bits per heavy atom. The zero-order valence-corrected chi connectivity index (χ0v) is 13.2. The Morgan fingerprint density at radius 1 is 1.20 bits per heavy atom. The maximum absolute atomic E-state index is 12.8. The van der Waals surface area contributed by atoms with Crippen LogP contribution in [-0.4, -0.2) is 40.0 Å². The smallest absolute Gasteiger partial charge is 0.416 e. The molecule has 1 amide bonds. The molecule has 0 spiro atoms. The van der Waals surface area contributed by atoms with E-state index in [0.29, 0.717) is 31.8 Å². The molecule has 0 radical (unpaired) electrons. The standard InChI is InChI=1S/C17H16F3N3O2/c18-17(19,20)13-3-1-2-12(10-13)16(24)23-8-5-14(6-9-23)25-15-4-7-21-11-22-15/h1-4,7,10-11,14H,5-6,8-9H2. The lowest BCUT2D eigenvalue weighted by atomic mass is 10.0. The minimum Gasteiger partial charge on any atom is -0.474 e. The number of nitrogens with zero attached hydrogens (tertiary/aromatic N) is 3. The van der Waals surface area contributed by atoms with Crippen molar-refractivity contribution in [1.29, 1.82) is 0 Å². The summed E-state index contributed by atoms with van der Waals surface area (Å²) in [6.45, 7) is 0.843. The van der Waals surface area contributed by atoms with E-state index >= 15 is 0 Å². The van der Waals surface area contributed by atoms with E-state index in [9.17, 15) is 18.0 Å². The number of halogens is 3. The monoisotopic (exact) mass is 351 g/mol. The first kappa shape index (κ1) is 17.2. The number of hydrogen-bond acceptors (Lipinski definition) is 4. The summed E-state index contributed by atoms with van der Waals surface area (Å²) in [7, 11) is 0. The lowest BCUT2D eigenvalue weighted by Crippen LogP contribution is -2.41. The van der Waals surface area contributed by atoms with Crippen LogP contribution < -0.4 is 4.74 Å². The second-order valence-corrected chi connectivity index (χ2v) is 5.74. The van der Waals surface area contributed by atoms with Gasteiger partial charge < -0.3 is 9.64 Å². The summed E-state index contributed by atoms with van der Waals surface area (Å²) in [5.74, 6) is 0.0734. The van der Waals surface area contributed by atoms with Crippen molar-refractivity contribution in [1.82, 2.24) is 14.9 Å². The number of rotatable bonds is 3. The molecule has 1 aromatic carbocycles. The van der Waals surface area contributed by atoms with Gasteiger partial charge in [-0.05, 0) is 18.2 Å². The summed E-state index contributed by atoms with van der Waals surface area (Å²) in [6, 6.07) is 6.16. The SMILES string of the molecule is O=C(c1cccc(C(F)(F)F)c1)N1CCC(Oc2ccncn2)CC1. The third-order valence-corrected chi connectivity index (χ3v) is 4.01. The lowest BCUT2D eigenvalue weighted by molar-refractivity contribution is -0.137. The van der Waals surface area contributed by atoms with Gasteiger partial charge in [-0.25, -0.2) is 9.97 Å². The topological polar surface area (TPSA) is 55.3 Å². The van der Waals surface area contributed by atoms with E-state index in [1.165, 1.54) is 18.5 Å². The molecule has 3 rings (SSSR count). The maximum atomic E-state index is 12.8. The molecule has 5 nitrogen and oxygen atoms in total. The van der Waals surface area contributed by atoms with Gasteiger partial charge in [0.25, 0.3) is 5.91 Å². The van der Waals surface area contributed by atoms with E-state index in [-0.39, 0.29) is 11.7 Å². The van der Waals surface area contributed by atoms with Crippen LogP contribution in [0.1, 0.15) is 28.8 Å². The number of likely N-dealkylation sites (tertiary alicyclic amines) is 1. The molecule has 0 aliphatic carbocycles. The van der Waals surface area contributed by atoms with Crippen LogP contribution in [0.4, 0.5) is 13.2 Å². The van der Waals surface area contributed by atoms with Gasteiger partial charge in [0, 0.05) is 43.8 Å². The molecule has 1 aliphatic heterocycles. The summed E-state index contributed by atoms with van der Waals surface area (Å²) in [4.78, 5) is 21.8. The van der Waals surface area contributed by atoms with E-state index in [0.717, 1.165) is 12.1 Å². The van der Waals surface area contributed by atoms with Crippen LogP contribution in [0.25, 0.3) is 0 Å². The Bertz CT molecular complexity index is 729. The number of carbonyl (C=O) groups excluding carboxylic acids is 1. The van der Waals surface area contributed by atoms with Crippen LogP contribution in [0.2, 0.25) is 0 Å². The number of aromatic nitrogens is 2. The highest BCUT2D eigenvalue weighted by Crippen LogP contribution is 2.30. The number of alkyl halides is 3. The van der Waals surface area contributed by atoms with Gasteiger partial charge in [-0.3, -0.25) is 4.79 Å². The fourth-order valence-corrected chi connectivity index (χ4v) is 2.71. The van der Waals surface area contributed by atoms with Crippen LogP contribution in [0, 0.1) is 0 Å². The van der Waals surface area contributed by atoms with E-state index in [2.05, 4.69) is 9.97 Å². The van der Waals surface area contributed by atoms with Crippen LogP contribution in [0.3, 0.4) is 0 Å². The number of piperidine rings is 1. The molecule has 1 fully saturated rings. The molecule has 0 bridgehead atoms. The molecule has 2 heterocycles. The second-order valence-electron chi connectivity index (χ2n) is 5.74. The van der Waals surface area contributed by atoms with E-state index < -0.39 is 17.6 Å². The summed E-state index contributed by atoms with van der Waals surface area (Å²) in [5.41, 5.74) is -0.773. The van der Waals surface area contributed by atoms with Crippen molar-refractivity contribution in [2.45, 2.75) is 25.1 Å². The van der Waals surface area contributed by atoms with E-state index in [1.54, 1.807) is 17.2 Å². The number of carbonyl (C=O) groups is 1. The van der Waals surface area contributed by atoms with Gasteiger partial charge in [-0.15, -0.1) is 0 Å². The first-order valence-electron chi connectivity index (χ1n) is 7.83. The van der Waals surface area contributed by atoms with Crippen LogP contribution in [-0.2, 0) is 6.18 Å². The third kappa shape index (κ3) is 4.26. The highest BCUT2D eigenvalue weighted by atomic mass is 19.4. The number of ether oxygens (including phenoxy) is 1. The van der Waals surface area contributed by atoms with E-state index in [1.807, 2.05) is 0 Å². The summed E-state index contributed by atoms with van der Waals surface area (Å²) in [6.07, 6.45) is -0.394. The highest BCUT2D eigenvalue weighted by Gasteiger charge is 2.32. The fraction of sp³-hybridized carbons (Fsp3) is 0.353. The summed E-state index contributed by atoms with van der Waals surface area (Å²) < 4.78 is 44.1. The Balaban J connectivity index is 1.60. The molecule has 0 unspecified atom stereocenters. The molecule has 1 aromatic heterocycles. The van der Waals surface area contributed by atoms with Crippen molar-refractivity contribution in [3.8, 4) is 5.88 Å². The fourth-order valence-electron chi connectivity index (χ4n) is 2.71. The van der Waals surface area contributed by atoms with Crippen molar-refractivity contribution in [3.05, 3.63) is 54.0 Å². The van der Waals surface area contributed by atoms with Crippen LogP contribution in [0.5, 0.6) is 5.88 Å². The second kappa shape index (κ2) is 7.08. The summed E-state index contributed by atoms with van der Waals surface area (Å²) >= 11 is 0. The Hall–Kier alpha value is -2.64. The van der Waals surface area contributed by atoms with E-state index in [4.69, 9.17) is 4.74 Å². The van der Waals surface area contributed by atoms with Crippen molar-refractivity contribution >= 4 is 5.91 Å². The minimum absolute atomic E-state index is 0.0463. The van der Waals surface area contributed by atoms with Crippen molar-refractivity contribution in [2.75, 3.05) is 13.1 Å². The Kier molecular flexibility index (Phi) is 4.87. The predicted octanol–water partition coefficient (Wildman–Crippen LogP) is 3.18. The normalized spacial score (nSPS) is 15.9. The average molecular weight is 351 g/mol. The molecule has 132 valence electrons. The van der Waals surface area contributed by atoms with Gasteiger partial charge in [0.1, 0.15) is 12.4 Å². The van der Waals surface area contributed by atoms with Gasteiger partial charge in [0.2, 0.25) is 5.88 Å². The molecule has 25 heavy (non-hydrogen) atoms. The number of hydrogen-bond donors (Lipinski definition) is 0. The maximum Gasteiger partial charge on any atom is 0.416 e. The third-order valence-electron chi connectivity index (χ3n) is 4.01. The van der Waals surface area contributed by atoms with Gasteiger partial charge in [-0.1, -0.05) is 6.07 Å². The zero-order valence-electron chi connectivity index (χ0n) is 13.2. The Labute approximate surface area is 142 Å². The molecular weight excluding hydrogens is 335 g/mol. The van der Waals surface area contributed by atoms with Crippen molar-refractivity contribution in [3.63, 3.8) is 0 Å². The first-order chi connectivity index (χ1) is 11.9. The molecule has 8 heteroatoms. The molecule has 1 saturated heterocycles. The lowest BCUT2D eigenvalue weighted by Gasteiger charge is -2.32. The van der Waals surface area contributed by atoms with Crippen molar-refractivity contribution in [2.24, 2.45) is 0 Å². The zero-order chi connectivity index (χ0) is 17.9. The molecule has 0 atom stereocenters. The molecule has 2 aromatic rings. The van der Waals surface area contributed by atoms with Crippen molar-refractivity contribution < 1.29 is 22.7 Å². The average Bonchev–Trinajstić information content (AvgIpc) is 2.62. The first-order valence-corrected chi connectivity index (χ1v) is 7.83. The molecule has 1 aliphatic rings. The highest BCUT2D eigenvalue weighted by molar-refractivity contribution is 5.94. The number of amides is 1.